The smallest absolute Gasteiger partial charge is 0.324 e. The monoisotopic (exact) mass is 628 g/mol. The molecule has 13 nitrogen and oxygen atoms in total. The zero-order valence-corrected chi connectivity index (χ0v) is 25.8. The van der Waals surface area contributed by atoms with Crippen LogP contribution in [0.2, 0.25) is 0 Å². The second kappa shape index (κ2) is 13.9. The maximum atomic E-state index is 13.1. The second-order valence-corrected chi connectivity index (χ2v) is 11.1. The second-order valence-electron chi connectivity index (χ2n) is 11.1. The molecule has 4 amide bonds. The van der Waals surface area contributed by atoms with Crippen molar-refractivity contribution in [3.8, 4) is 11.3 Å². The van der Waals surface area contributed by atoms with Gasteiger partial charge in [0.15, 0.2) is 5.82 Å². The van der Waals surface area contributed by atoms with Gasteiger partial charge >= 0.3 is 6.03 Å². The molecular weight excluding hydrogens is 596 g/mol. The number of rotatable bonds is 10. The van der Waals surface area contributed by atoms with Crippen LogP contribution in [-0.4, -0.2) is 61.5 Å². The summed E-state index contributed by atoms with van der Waals surface area (Å²) in [4.78, 5) is 53.1. The highest BCUT2D eigenvalue weighted by Crippen LogP contribution is 2.25. The Morgan fingerprint density at radius 3 is 2.57 bits per heavy atom. The molecule has 0 radical (unpaired) electrons. The van der Waals surface area contributed by atoms with Crippen LogP contribution in [0.1, 0.15) is 33.6 Å². The molecule has 0 spiro atoms. The van der Waals surface area contributed by atoms with Gasteiger partial charge < -0.3 is 10.6 Å². The average molecular weight is 629 g/mol. The molecule has 1 aliphatic heterocycles. The van der Waals surface area contributed by atoms with Crippen molar-refractivity contribution in [2.24, 2.45) is 0 Å². The predicted molar refractivity (Wildman–Crippen MR) is 177 cm³/mol. The zero-order chi connectivity index (χ0) is 32.8. The minimum Gasteiger partial charge on any atom is -0.324 e. The molecule has 4 heterocycles. The lowest BCUT2D eigenvalue weighted by atomic mass is 10.1. The van der Waals surface area contributed by atoms with E-state index in [2.05, 4.69) is 46.0 Å². The zero-order valence-electron chi connectivity index (χ0n) is 25.8. The number of carbonyl (C=O) groups is 3. The van der Waals surface area contributed by atoms with Gasteiger partial charge in [0.2, 0.25) is 11.9 Å². The number of pyridine rings is 1. The highest BCUT2D eigenvalue weighted by molar-refractivity contribution is 6.05. The number of anilines is 4. The largest absolute Gasteiger partial charge is 0.329 e. The van der Waals surface area contributed by atoms with Crippen LogP contribution < -0.4 is 20.9 Å². The molecule has 0 bridgehead atoms. The van der Waals surface area contributed by atoms with E-state index in [1.165, 1.54) is 4.90 Å². The quantitative estimate of drug-likeness (QED) is 0.198. The molecule has 1 aliphatic rings. The Hall–Kier alpha value is -6.08. The number of aromatic nitrogens is 5. The predicted octanol–water partition coefficient (Wildman–Crippen LogP) is 4.71. The molecule has 0 aliphatic carbocycles. The van der Waals surface area contributed by atoms with Gasteiger partial charge in [0, 0.05) is 67.1 Å². The third kappa shape index (κ3) is 7.78. The van der Waals surface area contributed by atoms with Gasteiger partial charge in [0.05, 0.1) is 11.4 Å². The first-order valence-electron chi connectivity index (χ1n) is 14.9. The van der Waals surface area contributed by atoms with Crippen LogP contribution in [0.4, 0.5) is 27.9 Å². The Morgan fingerprint density at radius 1 is 0.979 bits per heavy atom. The Balaban J connectivity index is 1.03. The van der Waals surface area contributed by atoms with Crippen molar-refractivity contribution in [2.75, 3.05) is 29.1 Å². The van der Waals surface area contributed by atoms with Crippen molar-refractivity contribution < 1.29 is 14.4 Å². The van der Waals surface area contributed by atoms with Gasteiger partial charge in [0.25, 0.3) is 5.91 Å². The summed E-state index contributed by atoms with van der Waals surface area (Å²) in [5.41, 5.74) is 6.32. The number of carbonyl (C=O) groups excluding carboxylic acids is 3. The number of hydrogen-bond donors (Lipinski definition) is 3. The van der Waals surface area contributed by atoms with Gasteiger partial charge in [-0.05, 0) is 79.7 Å². The number of aryl methyl sites for hydroxylation is 1. The van der Waals surface area contributed by atoms with E-state index in [0.717, 1.165) is 33.8 Å². The van der Waals surface area contributed by atoms with Crippen LogP contribution in [-0.2, 0) is 17.9 Å². The first-order chi connectivity index (χ1) is 22.8. The molecule has 5 aromatic rings. The SMILES string of the molecule is Cc1ccc(NC(=O)c2ccc(CN(C)Cc3ccc(N4CCC(=O)NC4=O)nn3)cc2)cc1Nc1nccc(-c2cccnc2)n1. The number of urea groups is 1. The molecule has 236 valence electrons. The van der Waals surface area contributed by atoms with Crippen molar-refractivity contribution in [1.82, 2.24) is 35.4 Å². The van der Waals surface area contributed by atoms with E-state index in [0.29, 0.717) is 36.1 Å². The summed E-state index contributed by atoms with van der Waals surface area (Å²) in [5, 5.41) is 16.9. The lowest BCUT2D eigenvalue weighted by Crippen LogP contribution is -2.50. The van der Waals surface area contributed by atoms with E-state index in [1.807, 2.05) is 68.6 Å². The molecule has 1 fully saturated rings. The highest BCUT2D eigenvalue weighted by atomic mass is 16.2. The Bertz CT molecular complexity index is 1900. The van der Waals surface area contributed by atoms with Crippen LogP contribution in [0.25, 0.3) is 11.3 Å². The van der Waals surface area contributed by atoms with Crippen LogP contribution in [0.5, 0.6) is 0 Å². The topological polar surface area (TPSA) is 158 Å². The van der Waals surface area contributed by atoms with Gasteiger partial charge in [0.1, 0.15) is 0 Å². The van der Waals surface area contributed by atoms with Gasteiger partial charge in [-0.15, -0.1) is 5.10 Å². The summed E-state index contributed by atoms with van der Waals surface area (Å²) in [6, 6.07) is 21.7. The number of amides is 4. The maximum absolute atomic E-state index is 13.1. The van der Waals surface area contributed by atoms with Crippen molar-refractivity contribution in [3.63, 3.8) is 0 Å². The Morgan fingerprint density at radius 2 is 1.83 bits per heavy atom. The summed E-state index contributed by atoms with van der Waals surface area (Å²) in [7, 11) is 1.96. The minimum absolute atomic E-state index is 0.225. The number of benzene rings is 2. The van der Waals surface area contributed by atoms with Crippen LogP contribution in [0.15, 0.2) is 91.4 Å². The van der Waals surface area contributed by atoms with Gasteiger partial charge in [-0.3, -0.25) is 29.7 Å². The average Bonchev–Trinajstić information content (AvgIpc) is 3.07. The highest BCUT2D eigenvalue weighted by Gasteiger charge is 2.25. The first kappa shape index (κ1) is 30.9. The van der Waals surface area contributed by atoms with Crippen molar-refractivity contribution in [3.05, 3.63) is 114 Å². The number of nitrogens with zero attached hydrogens (tertiary/aromatic N) is 7. The Kier molecular flexibility index (Phi) is 9.16. The van der Waals surface area contributed by atoms with Crippen molar-refractivity contribution in [2.45, 2.75) is 26.4 Å². The van der Waals surface area contributed by atoms with E-state index in [4.69, 9.17) is 0 Å². The fraction of sp³-hybridized carbons (Fsp3) is 0.176. The standard InChI is InChI=1S/C34H32N10O3/c1-22-5-10-26(18-29(22)39-33-36-16-13-28(38-33)25-4-3-15-35-19-25)37-32(46)24-8-6-23(7-9-24)20-43(2)21-27-11-12-30(42-41-27)44-17-14-31(45)40-34(44)47/h3-13,15-16,18-19H,14,17,20-21H2,1-2H3,(H,37,46)(H,36,38,39)(H,40,45,47). The molecule has 1 saturated heterocycles. The molecule has 6 rings (SSSR count). The van der Waals surface area contributed by atoms with E-state index in [1.54, 1.807) is 36.8 Å². The van der Waals surface area contributed by atoms with Gasteiger partial charge in [-0.1, -0.05) is 18.2 Å². The third-order valence-corrected chi connectivity index (χ3v) is 7.49. The summed E-state index contributed by atoms with van der Waals surface area (Å²) in [6.45, 7) is 3.39. The molecule has 2 aromatic carbocycles. The van der Waals surface area contributed by atoms with E-state index in [-0.39, 0.29) is 24.8 Å². The number of hydrogen-bond acceptors (Lipinski definition) is 10. The lowest BCUT2D eigenvalue weighted by molar-refractivity contribution is -0.120. The molecule has 0 atom stereocenters. The number of imide groups is 1. The van der Waals surface area contributed by atoms with Crippen molar-refractivity contribution in [1.29, 1.82) is 0 Å². The molecule has 47 heavy (non-hydrogen) atoms. The minimum atomic E-state index is -0.493. The summed E-state index contributed by atoms with van der Waals surface area (Å²) >= 11 is 0. The Labute approximate surface area is 271 Å². The third-order valence-electron chi connectivity index (χ3n) is 7.49. The van der Waals surface area contributed by atoms with Crippen LogP contribution >= 0.6 is 0 Å². The number of nitrogens with one attached hydrogen (secondary N) is 3. The lowest BCUT2D eigenvalue weighted by Gasteiger charge is -2.25. The normalized spacial score (nSPS) is 13.0. The van der Waals surface area contributed by atoms with E-state index in [9.17, 15) is 14.4 Å². The molecule has 0 unspecified atom stereocenters. The molecule has 3 aromatic heterocycles. The molecule has 13 heteroatoms. The van der Waals surface area contributed by atoms with Gasteiger partial charge in [-0.2, -0.15) is 5.10 Å². The van der Waals surface area contributed by atoms with Gasteiger partial charge in [-0.25, -0.2) is 14.8 Å². The summed E-state index contributed by atoms with van der Waals surface area (Å²) < 4.78 is 0. The first-order valence-corrected chi connectivity index (χ1v) is 14.9. The van der Waals surface area contributed by atoms with Crippen LogP contribution in [0.3, 0.4) is 0 Å². The molecule has 0 saturated carbocycles. The molecular formula is C34H32N10O3. The summed E-state index contributed by atoms with van der Waals surface area (Å²) in [5.74, 6) is 0.314. The fourth-order valence-corrected chi connectivity index (χ4v) is 5.02. The van der Waals surface area contributed by atoms with Crippen molar-refractivity contribution >= 4 is 41.0 Å². The van der Waals surface area contributed by atoms with E-state index >= 15 is 0 Å². The summed E-state index contributed by atoms with van der Waals surface area (Å²) in [6.07, 6.45) is 5.38. The molecule has 3 N–H and O–H groups in total. The van der Waals surface area contributed by atoms with E-state index < -0.39 is 6.03 Å². The fourth-order valence-electron chi connectivity index (χ4n) is 5.02. The maximum Gasteiger partial charge on any atom is 0.329 e. The van der Waals surface area contributed by atoms with Crippen LogP contribution in [0, 0.1) is 6.92 Å².